The average molecular weight is 308 g/mol. The molecule has 0 atom stereocenters. The number of nitro groups is 1. The summed E-state index contributed by atoms with van der Waals surface area (Å²) >= 11 is 0. The Hall–Kier alpha value is -2.19. The number of nitro benzene ring substituents is 1. The van der Waals surface area contributed by atoms with E-state index in [0.29, 0.717) is 11.0 Å². The highest BCUT2D eigenvalue weighted by Crippen LogP contribution is 2.24. The Morgan fingerprint density at radius 2 is 2.00 bits per heavy atom. The van der Waals surface area contributed by atoms with Crippen LogP contribution in [0.5, 0.6) is 0 Å². The summed E-state index contributed by atoms with van der Waals surface area (Å²) in [5.74, 6) is -2.16. The van der Waals surface area contributed by atoms with Crippen molar-refractivity contribution in [2.24, 2.45) is 0 Å². The van der Waals surface area contributed by atoms with Crippen LogP contribution in [0.1, 0.15) is 23.7 Å². The summed E-state index contributed by atoms with van der Waals surface area (Å²) in [6, 6.07) is 2.09. The molecular weight excluding hydrogens is 296 g/mol. The van der Waals surface area contributed by atoms with Gasteiger partial charge in [-0.2, -0.15) is 13.2 Å². The zero-order chi connectivity index (χ0) is 16.2. The highest BCUT2D eigenvalue weighted by molar-refractivity contribution is 5.98. The first-order valence-electron chi connectivity index (χ1n) is 5.95. The summed E-state index contributed by atoms with van der Waals surface area (Å²) in [7, 11) is 0. The van der Waals surface area contributed by atoms with Crippen LogP contribution in [0.15, 0.2) is 18.2 Å². The number of benzene rings is 1. The number of alkyl halides is 3. The molecule has 0 spiro atoms. The van der Waals surface area contributed by atoms with Crippen molar-refractivity contribution in [3.8, 4) is 0 Å². The van der Waals surface area contributed by atoms with E-state index < -0.39 is 40.6 Å². The number of halogens is 4. The van der Waals surface area contributed by atoms with Crippen LogP contribution >= 0.6 is 0 Å². The summed E-state index contributed by atoms with van der Waals surface area (Å²) in [4.78, 5) is 22.3. The van der Waals surface area contributed by atoms with E-state index in [1.807, 2.05) is 0 Å². The van der Waals surface area contributed by atoms with Gasteiger partial charge in [0.05, 0.1) is 4.92 Å². The minimum absolute atomic E-state index is 0.227. The van der Waals surface area contributed by atoms with Gasteiger partial charge in [0, 0.05) is 12.6 Å². The smallest absolute Gasteiger partial charge is 0.329 e. The molecule has 0 aliphatic rings. The maximum absolute atomic E-state index is 13.1. The molecule has 9 heteroatoms. The number of nitrogens with zero attached hydrogens (tertiary/aromatic N) is 2. The maximum atomic E-state index is 13.1. The third-order valence-corrected chi connectivity index (χ3v) is 2.54. The minimum Gasteiger partial charge on any atom is -0.329 e. The fraction of sp³-hybridized carbons (Fsp3) is 0.417. The Balaban J connectivity index is 3.19. The number of carbonyl (C=O) groups excluding carboxylic acids is 1. The number of hydrogen-bond donors (Lipinski definition) is 0. The van der Waals surface area contributed by atoms with Crippen LogP contribution in [-0.2, 0) is 0 Å². The maximum Gasteiger partial charge on any atom is 0.406 e. The zero-order valence-electron chi connectivity index (χ0n) is 11.0. The predicted octanol–water partition coefficient (Wildman–Crippen LogP) is 3.15. The van der Waals surface area contributed by atoms with E-state index in [4.69, 9.17) is 0 Å². The molecule has 1 aromatic carbocycles. The molecule has 0 aliphatic carbocycles. The lowest BCUT2D eigenvalue weighted by Gasteiger charge is -2.23. The largest absolute Gasteiger partial charge is 0.406 e. The Morgan fingerprint density at radius 3 is 2.48 bits per heavy atom. The lowest BCUT2D eigenvalue weighted by molar-refractivity contribution is -0.385. The molecule has 0 heterocycles. The van der Waals surface area contributed by atoms with E-state index in [1.165, 1.54) is 0 Å². The second-order valence-electron chi connectivity index (χ2n) is 4.26. The molecule has 1 amide bonds. The Labute approximate surface area is 117 Å². The van der Waals surface area contributed by atoms with Crippen LogP contribution in [-0.4, -0.2) is 35.0 Å². The SMILES string of the molecule is CCCN(CC(F)(F)F)C(=O)c1cc(F)ccc1[N+](=O)[O-]. The Morgan fingerprint density at radius 1 is 1.38 bits per heavy atom. The highest BCUT2D eigenvalue weighted by Gasteiger charge is 2.35. The summed E-state index contributed by atoms with van der Waals surface area (Å²) in [5.41, 5.74) is -1.43. The number of rotatable bonds is 5. The van der Waals surface area contributed by atoms with Crippen molar-refractivity contribution in [2.45, 2.75) is 19.5 Å². The molecule has 0 N–H and O–H groups in total. The predicted molar refractivity (Wildman–Crippen MR) is 65.3 cm³/mol. The first-order chi connectivity index (χ1) is 9.65. The van der Waals surface area contributed by atoms with Gasteiger partial charge >= 0.3 is 6.18 Å². The molecule has 21 heavy (non-hydrogen) atoms. The average Bonchev–Trinajstić information content (AvgIpc) is 2.35. The van der Waals surface area contributed by atoms with Crippen molar-refractivity contribution in [1.82, 2.24) is 4.90 Å². The lowest BCUT2D eigenvalue weighted by atomic mass is 10.1. The number of amides is 1. The van der Waals surface area contributed by atoms with Gasteiger partial charge in [-0.3, -0.25) is 14.9 Å². The zero-order valence-corrected chi connectivity index (χ0v) is 11.0. The fourth-order valence-corrected chi connectivity index (χ4v) is 1.75. The molecule has 1 aromatic rings. The van der Waals surface area contributed by atoms with E-state index >= 15 is 0 Å². The molecule has 5 nitrogen and oxygen atoms in total. The van der Waals surface area contributed by atoms with Gasteiger partial charge in [-0.05, 0) is 18.6 Å². The first kappa shape index (κ1) is 16.9. The van der Waals surface area contributed by atoms with Crippen LogP contribution in [0.2, 0.25) is 0 Å². The highest BCUT2D eigenvalue weighted by atomic mass is 19.4. The van der Waals surface area contributed by atoms with Gasteiger partial charge in [-0.25, -0.2) is 4.39 Å². The van der Waals surface area contributed by atoms with Crippen LogP contribution < -0.4 is 0 Å². The monoisotopic (exact) mass is 308 g/mol. The van der Waals surface area contributed by atoms with E-state index in [1.54, 1.807) is 6.92 Å². The van der Waals surface area contributed by atoms with Gasteiger partial charge in [0.1, 0.15) is 17.9 Å². The van der Waals surface area contributed by atoms with Gasteiger partial charge in [0.15, 0.2) is 0 Å². The van der Waals surface area contributed by atoms with E-state index in [9.17, 15) is 32.5 Å². The normalized spacial score (nSPS) is 11.3. The van der Waals surface area contributed by atoms with Gasteiger partial charge < -0.3 is 4.90 Å². The third-order valence-electron chi connectivity index (χ3n) is 2.54. The molecule has 1 rings (SSSR count). The number of hydrogen-bond acceptors (Lipinski definition) is 3. The first-order valence-corrected chi connectivity index (χ1v) is 5.95. The summed E-state index contributed by atoms with van der Waals surface area (Å²) in [6.07, 6.45) is -4.42. The molecule has 0 fully saturated rings. The van der Waals surface area contributed by atoms with Crippen molar-refractivity contribution < 1.29 is 27.3 Å². The molecular formula is C12H12F4N2O3. The minimum atomic E-state index is -4.65. The van der Waals surface area contributed by atoms with E-state index in [-0.39, 0.29) is 13.0 Å². The van der Waals surface area contributed by atoms with E-state index in [0.717, 1.165) is 12.1 Å². The van der Waals surface area contributed by atoms with Crippen molar-refractivity contribution in [3.63, 3.8) is 0 Å². The molecule has 0 saturated carbocycles. The van der Waals surface area contributed by atoms with Crippen LogP contribution in [0.3, 0.4) is 0 Å². The van der Waals surface area contributed by atoms with Gasteiger partial charge in [-0.15, -0.1) is 0 Å². The van der Waals surface area contributed by atoms with Gasteiger partial charge in [0.25, 0.3) is 11.6 Å². The fourth-order valence-electron chi connectivity index (χ4n) is 1.75. The lowest BCUT2D eigenvalue weighted by Crippen LogP contribution is -2.39. The van der Waals surface area contributed by atoms with Crippen molar-refractivity contribution in [3.05, 3.63) is 39.7 Å². The number of carbonyl (C=O) groups is 1. The molecule has 116 valence electrons. The second kappa shape index (κ2) is 6.51. The van der Waals surface area contributed by atoms with E-state index in [2.05, 4.69) is 0 Å². The molecule has 0 aliphatic heterocycles. The molecule has 0 aromatic heterocycles. The van der Waals surface area contributed by atoms with Crippen molar-refractivity contribution in [1.29, 1.82) is 0 Å². The molecule has 0 bridgehead atoms. The Kier molecular flexibility index (Phi) is 5.23. The van der Waals surface area contributed by atoms with Crippen LogP contribution in [0.4, 0.5) is 23.2 Å². The third kappa shape index (κ3) is 4.69. The standard InChI is InChI=1S/C12H12F4N2O3/c1-2-5-17(7-12(14,15)16)11(19)9-6-8(13)3-4-10(9)18(20)21/h3-4,6H,2,5,7H2,1H3. The molecule has 0 saturated heterocycles. The van der Waals surface area contributed by atoms with Gasteiger partial charge in [-0.1, -0.05) is 6.92 Å². The van der Waals surface area contributed by atoms with Crippen LogP contribution in [0.25, 0.3) is 0 Å². The summed E-state index contributed by atoms with van der Waals surface area (Å²) in [5, 5.41) is 10.8. The Bertz CT molecular complexity index is 546. The van der Waals surface area contributed by atoms with Crippen molar-refractivity contribution >= 4 is 11.6 Å². The molecule has 0 radical (unpaired) electrons. The van der Waals surface area contributed by atoms with Gasteiger partial charge in [0.2, 0.25) is 0 Å². The topological polar surface area (TPSA) is 63.5 Å². The quantitative estimate of drug-likeness (QED) is 0.477. The summed E-state index contributed by atoms with van der Waals surface area (Å²) in [6.45, 7) is -0.240. The van der Waals surface area contributed by atoms with Crippen LogP contribution in [0, 0.1) is 15.9 Å². The summed E-state index contributed by atoms with van der Waals surface area (Å²) < 4.78 is 50.5. The second-order valence-corrected chi connectivity index (χ2v) is 4.26. The van der Waals surface area contributed by atoms with Crippen molar-refractivity contribution in [2.75, 3.05) is 13.1 Å². The molecule has 0 unspecified atom stereocenters.